The fraction of sp³-hybridized carbons (Fsp3) is 0.909. The van der Waals surface area contributed by atoms with Crippen molar-refractivity contribution in [1.82, 2.24) is 4.90 Å². The number of carbonyl (C=O) groups is 1. The Morgan fingerprint density at radius 2 is 2.19 bits per heavy atom. The van der Waals surface area contributed by atoms with Crippen molar-refractivity contribution in [3.8, 4) is 0 Å². The summed E-state index contributed by atoms with van der Waals surface area (Å²) in [5.74, 6) is -3.39. The summed E-state index contributed by atoms with van der Waals surface area (Å²) >= 11 is 0. The van der Waals surface area contributed by atoms with Crippen molar-refractivity contribution in [3.05, 3.63) is 0 Å². The van der Waals surface area contributed by atoms with E-state index in [2.05, 4.69) is 0 Å². The topological polar surface area (TPSA) is 40.5 Å². The minimum Gasteiger partial charge on any atom is -0.481 e. The highest BCUT2D eigenvalue weighted by atomic mass is 19.3. The third-order valence-corrected chi connectivity index (χ3v) is 3.07. The minimum atomic E-state index is -2.57. The van der Waals surface area contributed by atoms with Gasteiger partial charge in [0, 0.05) is 18.9 Å². The molecule has 1 fully saturated rings. The maximum Gasteiger partial charge on any atom is 0.303 e. The summed E-state index contributed by atoms with van der Waals surface area (Å²) in [6.07, 6.45) is 1.85. The van der Waals surface area contributed by atoms with Crippen LogP contribution < -0.4 is 0 Å². The molecule has 1 N–H and O–H groups in total. The second-order valence-corrected chi connectivity index (χ2v) is 4.56. The largest absolute Gasteiger partial charge is 0.481 e. The van der Waals surface area contributed by atoms with Gasteiger partial charge in [-0.15, -0.1) is 0 Å². The Labute approximate surface area is 94.4 Å². The number of nitrogens with zero attached hydrogens (tertiary/aromatic N) is 1. The van der Waals surface area contributed by atoms with Crippen molar-refractivity contribution in [3.63, 3.8) is 0 Å². The van der Waals surface area contributed by atoms with Gasteiger partial charge in [-0.3, -0.25) is 9.69 Å². The van der Waals surface area contributed by atoms with E-state index < -0.39 is 11.9 Å². The lowest BCUT2D eigenvalue weighted by Crippen LogP contribution is -2.47. The molecule has 0 aliphatic carbocycles. The molecule has 5 heteroatoms. The number of rotatable bonds is 5. The molecule has 1 atom stereocenters. The maximum absolute atomic E-state index is 13.1. The maximum atomic E-state index is 13.1. The van der Waals surface area contributed by atoms with E-state index in [1.807, 2.05) is 6.92 Å². The number of piperidine rings is 1. The highest BCUT2D eigenvalue weighted by molar-refractivity contribution is 5.66. The summed E-state index contributed by atoms with van der Waals surface area (Å²) in [5.41, 5.74) is 0. The van der Waals surface area contributed by atoms with Gasteiger partial charge in [-0.1, -0.05) is 0 Å². The summed E-state index contributed by atoms with van der Waals surface area (Å²) in [6.45, 7) is 2.34. The van der Waals surface area contributed by atoms with Gasteiger partial charge in [0.1, 0.15) is 0 Å². The molecule has 0 aromatic rings. The fourth-order valence-electron chi connectivity index (χ4n) is 2.03. The number of carboxylic acid groups (broad SMARTS) is 1. The van der Waals surface area contributed by atoms with E-state index in [1.165, 1.54) is 0 Å². The molecule has 16 heavy (non-hydrogen) atoms. The molecule has 0 spiro atoms. The van der Waals surface area contributed by atoms with Crippen molar-refractivity contribution in [2.75, 3.05) is 13.1 Å². The van der Waals surface area contributed by atoms with E-state index in [1.54, 1.807) is 4.90 Å². The summed E-state index contributed by atoms with van der Waals surface area (Å²) in [7, 11) is 0. The van der Waals surface area contributed by atoms with Crippen molar-refractivity contribution in [2.45, 2.75) is 51.0 Å². The Kier molecular flexibility index (Phi) is 4.65. The summed E-state index contributed by atoms with van der Waals surface area (Å²) in [4.78, 5) is 12.1. The predicted octanol–water partition coefficient (Wildman–Crippen LogP) is 2.36. The van der Waals surface area contributed by atoms with Gasteiger partial charge in [-0.2, -0.15) is 0 Å². The van der Waals surface area contributed by atoms with Crippen LogP contribution in [0.2, 0.25) is 0 Å². The van der Waals surface area contributed by atoms with E-state index in [0.29, 0.717) is 25.8 Å². The first-order valence-electron chi connectivity index (χ1n) is 5.74. The number of halogens is 2. The van der Waals surface area contributed by atoms with E-state index in [4.69, 9.17) is 5.11 Å². The van der Waals surface area contributed by atoms with Crippen LogP contribution in [-0.2, 0) is 4.79 Å². The number of hydrogen-bond acceptors (Lipinski definition) is 2. The van der Waals surface area contributed by atoms with Crippen LogP contribution in [-0.4, -0.2) is 41.0 Å². The minimum absolute atomic E-state index is 0.0280. The Bertz CT molecular complexity index is 246. The molecule has 1 aliphatic heterocycles. The molecule has 1 unspecified atom stereocenters. The Morgan fingerprint density at radius 3 is 2.81 bits per heavy atom. The van der Waals surface area contributed by atoms with Gasteiger partial charge >= 0.3 is 5.97 Å². The molecule has 1 aliphatic rings. The van der Waals surface area contributed by atoms with Gasteiger partial charge in [0.25, 0.3) is 5.92 Å². The van der Waals surface area contributed by atoms with E-state index in [9.17, 15) is 13.6 Å². The molecule has 0 aromatic heterocycles. The van der Waals surface area contributed by atoms with Crippen molar-refractivity contribution in [1.29, 1.82) is 0 Å². The second-order valence-electron chi connectivity index (χ2n) is 4.56. The van der Waals surface area contributed by atoms with Gasteiger partial charge in [0.05, 0.1) is 6.54 Å². The van der Waals surface area contributed by atoms with Crippen molar-refractivity contribution in [2.24, 2.45) is 0 Å². The Morgan fingerprint density at radius 1 is 1.50 bits per heavy atom. The molecule has 0 radical (unpaired) electrons. The zero-order valence-corrected chi connectivity index (χ0v) is 9.59. The lowest BCUT2D eigenvalue weighted by molar-refractivity contribution is -0.137. The number of carboxylic acids is 1. The molecule has 0 amide bonds. The van der Waals surface area contributed by atoms with E-state index >= 15 is 0 Å². The van der Waals surface area contributed by atoms with E-state index in [0.717, 1.165) is 0 Å². The average Bonchev–Trinajstić information content (AvgIpc) is 2.17. The monoisotopic (exact) mass is 235 g/mol. The number of alkyl halides is 2. The number of aliphatic carboxylic acids is 1. The molecule has 0 saturated carbocycles. The lowest BCUT2D eigenvalue weighted by Gasteiger charge is -2.37. The number of hydrogen-bond donors (Lipinski definition) is 1. The molecule has 0 aromatic carbocycles. The zero-order valence-electron chi connectivity index (χ0n) is 9.59. The zero-order chi connectivity index (χ0) is 12.2. The molecule has 1 rings (SSSR count). The molecule has 3 nitrogen and oxygen atoms in total. The number of likely N-dealkylation sites (tertiary alicyclic amines) is 1. The molecular formula is C11H19F2NO2. The van der Waals surface area contributed by atoms with Crippen molar-refractivity contribution >= 4 is 5.97 Å². The summed E-state index contributed by atoms with van der Waals surface area (Å²) in [6, 6.07) is 0.185. The Balaban J connectivity index is 2.26. The third kappa shape index (κ3) is 4.43. The van der Waals surface area contributed by atoms with Gasteiger partial charge in [-0.25, -0.2) is 8.78 Å². The Hall–Kier alpha value is -0.710. The lowest BCUT2D eigenvalue weighted by atomic mass is 10.00. The van der Waals surface area contributed by atoms with Crippen LogP contribution in [0.5, 0.6) is 0 Å². The van der Waals surface area contributed by atoms with Crippen LogP contribution in [0.25, 0.3) is 0 Å². The van der Waals surface area contributed by atoms with Crippen LogP contribution in [0.1, 0.15) is 39.0 Å². The normalized spacial score (nSPS) is 25.6. The van der Waals surface area contributed by atoms with Crippen LogP contribution in [0, 0.1) is 0 Å². The summed E-state index contributed by atoms with van der Waals surface area (Å²) < 4.78 is 26.3. The summed E-state index contributed by atoms with van der Waals surface area (Å²) in [5, 5.41) is 8.45. The standard InChI is InChI=1S/C11H19F2NO2/c1-9-5-6-11(12,13)8-14(9)7-3-2-4-10(15)16/h9H,2-8H2,1H3,(H,15,16). The first-order valence-corrected chi connectivity index (χ1v) is 5.74. The average molecular weight is 235 g/mol. The van der Waals surface area contributed by atoms with Crippen LogP contribution in [0.4, 0.5) is 8.78 Å². The van der Waals surface area contributed by atoms with Gasteiger partial charge in [0.2, 0.25) is 0 Å². The second kappa shape index (κ2) is 5.57. The smallest absolute Gasteiger partial charge is 0.303 e. The van der Waals surface area contributed by atoms with Crippen LogP contribution in [0.15, 0.2) is 0 Å². The molecule has 1 heterocycles. The van der Waals surface area contributed by atoms with Crippen LogP contribution in [0.3, 0.4) is 0 Å². The highest BCUT2D eigenvalue weighted by Gasteiger charge is 2.37. The molecule has 1 saturated heterocycles. The van der Waals surface area contributed by atoms with Gasteiger partial charge < -0.3 is 5.11 Å². The highest BCUT2D eigenvalue weighted by Crippen LogP contribution is 2.30. The third-order valence-electron chi connectivity index (χ3n) is 3.07. The van der Waals surface area contributed by atoms with Crippen LogP contribution >= 0.6 is 0 Å². The molecule has 94 valence electrons. The fourth-order valence-corrected chi connectivity index (χ4v) is 2.03. The first-order chi connectivity index (χ1) is 7.41. The van der Waals surface area contributed by atoms with Gasteiger partial charge in [0.15, 0.2) is 0 Å². The molecule has 0 bridgehead atoms. The van der Waals surface area contributed by atoms with E-state index in [-0.39, 0.29) is 25.4 Å². The predicted molar refractivity (Wildman–Crippen MR) is 56.7 cm³/mol. The quantitative estimate of drug-likeness (QED) is 0.744. The molecular weight excluding hydrogens is 216 g/mol. The SMILES string of the molecule is CC1CCC(F)(F)CN1CCCCC(=O)O. The first kappa shape index (κ1) is 13.4. The van der Waals surface area contributed by atoms with Crippen molar-refractivity contribution < 1.29 is 18.7 Å². The number of unbranched alkanes of at least 4 members (excludes halogenated alkanes) is 1. The van der Waals surface area contributed by atoms with Gasteiger partial charge in [-0.05, 0) is 32.7 Å².